The van der Waals surface area contributed by atoms with Crippen LogP contribution >= 0.6 is 24.8 Å². The van der Waals surface area contributed by atoms with E-state index in [1.54, 1.807) is 11.1 Å². The van der Waals surface area contributed by atoms with Crippen molar-refractivity contribution in [3.63, 3.8) is 0 Å². The zero-order chi connectivity index (χ0) is 14.9. The molecule has 1 aromatic rings. The predicted octanol–water partition coefficient (Wildman–Crippen LogP) is 1.91. The number of benzene rings is 1. The minimum absolute atomic E-state index is 0. The summed E-state index contributed by atoms with van der Waals surface area (Å²) >= 11 is 0. The molecule has 0 saturated carbocycles. The summed E-state index contributed by atoms with van der Waals surface area (Å²) in [6, 6.07) is 7.84. The van der Waals surface area contributed by atoms with E-state index in [0.717, 1.165) is 26.2 Å². The first-order valence-corrected chi connectivity index (χ1v) is 8.81. The Bertz CT molecular complexity index is 535. The lowest BCUT2D eigenvalue weighted by atomic mass is 10.0. The van der Waals surface area contributed by atoms with Gasteiger partial charge in [0.15, 0.2) is 0 Å². The molecule has 6 heteroatoms. The van der Waals surface area contributed by atoms with E-state index >= 15 is 0 Å². The lowest BCUT2D eigenvalue weighted by Gasteiger charge is -2.36. The second kappa shape index (κ2) is 8.72. The van der Waals surface area contributed by atoms with Crippen molar-refractivity contribution in [3.8, 4) is 0 Å². The molecule has 4 nitrogen and oxygen atoms in total. The van der Waals surface area contributed by atoms with Gasteiger partial charge in [0.1, 0.15) is 0 Å². The maximum atomic E-state index is 9.90. The second-order valence-corrected chi connectivity index (χ2v) is 7.07. The van der Waals surface area contributed by atoms with Gasteiger partial charge in [0.25, 0.3) is 0 Å². The quantitative estimate of drug-likeness (QED) is 0.757. The number of fused-ring (bicyclic) bond motifs is 1. The molecule has 4 rings (SSSR count). The van der Waals surface area contributed by atoms with Crippen molar-refractivity contribution in [2.45, 2.75) is 50.3 Å². The lowest BCUT2D eigenvalue weighted by molar-refractivity contribution is 0.153. The van der Waals surface area contributed by atoms with Crippen LogP contribution in [-0.2, 0) is 12.8 Å². The molecular formula is C18H29Cl2N3O. The maximum absolute atomic E-state index is 9.90. The van der Waals surface area contributed by atoms with Crippen molar-refractivity contribution in [2.24, 2.45) is 0 Å². The first kappa shape index (κ1) is 19.8. The summed E-state index contributed by atoms with van der Waals surface area (Å²) in [6.45, 7) is 3.86. The third kappa shape index (κ3) is 4.17. The van der Waals surface area contributed by atoms with Gasteiger partial charge < -0.3 is 20.6 Å². The first-order chi connectivity index (χ1) is 10.8. The van der Waals surface area contributed by atoms with Gasteiger partial charge in [0.05, 0.1) is 6.10 Å². The molecule has 0 amide bonds. The summed E-state index contributed by atoms with van der Waals surface area (Å²) < 4.78 is 0. The molecule has 3 N–H and O–H groups in total. The Kier molecular flexibility index (Phi) is 7.20. The number of piperidine rings is 1. The topological polar surface area (TPSA) is 47.5 Å². The summed E-state index contributed by atoms with van der Waals surface area (Å²) in [7, 11) is 0. The molecular weight excluding hydrogens is 345 g/mol. The number of anilines is 1. The third-order valence-electron chi connectivity index (χ3n) is 5.57. The van der Waals surface area contributed by atoms with E-state index in [1.807, 2.05) is 0 Å². The first-order valence-electron chi connectivity index (χ1n) is 8.81. The average Bonchev–Trinajstić information content (AvgIpc) is 3.17. The molecule has 0 aromatic heterocycles. The Morgan fingerprint density at radius 2 is 1.79 bits per heavy atom. The fourth-order valence-corrected chi connectivity index (χ4v) is 4.20. The van der Waals surface area contributed by atoms with Crippen LogP contribution in [0.1, 0.15) is 30.4 Å². The predicted molar refractivity (Wildman–Crippen MR) is 104 cm³/mol. The van der Waals surface area contributed by atoms with Crippen LogP contribution in [0.15, 0.2) is 18.2 Å². The van der Waals surface area contributed by atoms with Crippen LogP contribution in [-0.4, -0.2) is 49.5 Å². The highest BCUT2D eigenvalue weighted by Gasteiger charge is 2.28. The van der Waals surface area contributed by atoms with Crippen LogP contribution in [0, 0.1) is 0 Å². The van der Waals surface area contributed by atoms with Gasteiger partial charge in [-0.2, -0.15) is 0 Å². The minimum Gasteiger partial charge on any atom is -0.390 e. The smallest absolute Gasteiger partial charge is 0.0829 e. The zero-order valence-corrected chi connectivity index (χ0v) is 15.7. The Morgan fingerprint density at radius 1 is 1.04 bits per heavy atom. The summed E-state index contributed by atoms with van der Waals surface area (Å²) in [4.78, 5) is 2.53. The average molecular weight is 374 g/mol. The number of nitrogens with one attached hydrogen (secondary N) is 2. The van der Waals surface area contributed by atoms with Crippen LogP contribution in [0.3, 0.4) is 0 Å². The van der Waals surface area contributed by atoms with Gasteiger partial charge in [-0.15, -0.1) is 24.8 Å². The minimum atomic E-state index is -0.227. The van der Waals surface area contributed by atoms with Crippen LogP contribution in [0.5, 0.6) is 0 Å². The zero-order valence-electron chi connectivity index (χ0n) is 14.0. The lowest BCUT2D eigenvalue weighted by Crippen LogP contribution is -2.50. The van der Waals surface area contributed by atoms with Crippen molar-refractivity contribution < 1.29 is 5.11 Å². The van der Waals surface area contributed by atoms with Crippen molar-refractivity contribution >= 4 is 30.5 Å². The molecule has 2 saturated heterocycles. The van der Waals surface area contributed by atoms with Crippen LogP contribution in [0.2, 0.25) is 0 Å². The number of aryl methyl sites for hydroxylation is 2. The second-order valence-electron chi connectivity index (χ2n) is 7.07. The SMILES string of the molecule is Cl.Cl.O[C@@H]1CNC[C@H]1NC1CCN(c2ccc3c(c2)CCC3)CC1. The van der Waals surface area contributed by atoms with Gasteiger partial charge in [0, 0.05) is 44.0 Å². The number of hydrogen-bond donors (Lipinski definition) is 3. The summed E-state index contributed by atoms with van der Waals surface area (Å²) in [5.74, 6) is 0. The molecule has 2 atom stereocenters. The molecule has 1 aliphatic carbocycles. The van der Waals surface area contributed by atoms with Crippen LogP contribution in [0.4, 0.5) is 5.69 Å². The Labute approximate surface area is 157 Å². The molecule has 2 fully saturated rings. The van der Waals surface area contributed by atoms with Crippen LogP contribution < -0.4 is 15.5 Å². The van der Waals surface area contributed by atoms with E-state index in [4.69, 9.17) is 0 Å². The number of hydrogen-bond acceptors (Lipinski definition) is 4. The number of rotatable bonds is 3. The van der Waals surface area contributed by atoms with Gasteiger partial charge in [-0.25, -0.2) is 0 Å². The largest absolute Gasteiger partial charge is 0.390 e. The van der Waals surface area contributed by atoms with Gasteiger partial charge in [-0.3, -0.25) is 0 Å². The maximum Gasteiger partial charge on any atom is 0.0829 e. The van der Waals surface area contributed by atoms with E-state index in [1.165, 1.54) is 37.8 Å². The number of aliphatic hydroxyl groups is 1. The highest BCUT2D eigenvalue weighted by atomic mass is 35.5. The Morgan fingerprint density at radius 3 is 2.50 bits per heavy atom. The normalized spacial score (nSPS) is 26.6. The van der Waals surface area contributed by atoms with Gasteiger partial charge in [0.2, 0.25) is 0 Å². The number of β-amino-alcohol motifs (C(OH)–C–C–N with tert-alkyl or cyclic N) is 1. The van der Waals surface area contributed by atoms with E-state index in [9.17, 15) is 5.11 Å². The van der Waals surface area contributed by atoms with Crippen molar-refractivity contribution in [1.82, 2.24) is 10.6 Å². The van der Waals surface area contributed by atoms with E-state index in [0.29, 0.717) is 6.04 Å². The molecule has 2 heterocycles. The number of nitrogens with zero attached hydrogens (tertiary/aromatic N) is 1. The van der Waals surface area contributed by atoms with Gasteiger partial charge in [-0.05, 0) is 55.4 Å². The van der Waals surface area contributed by atoms with Crippen molar-refractivity contribution in [3.05, 3.63) is 29.3 Å². The molecule has 136 valence electrons. The molecule has 0 radical (unpaired) electrons. The molecule has 2 aliphatic heterocycles. The number of halogens is 2. The standard InChI is InChI=1S/C18H27N3O.2ClH/c22-18-12-19-11-17(18)20-15-6-8-21(9-7-15)16-5-4-13-2-1-3-14(13)10-16;;/h4-5,10,15,17-20,22H,1-3,6-9,11-12H2;2*1H/t17-,18-;;/m1../s1. The van der Waals surface area contributed by atoms with Crippen LogP contribution in [0.25, 0.3) is 0 Å². The summed E-state index contributed by atoms with van der Waals surface area (Å²) in [5.41, 5.74) is 4.53. The Balaban J connectivity index is 0.00000104. The molecule has 0 spiro atoms. The molecule has 1 aromatic carbocycles. The Hall–Kier alpha value is -0.520. The fraction of sp³-hybridized carbons (Fsp3) is 0.667. The molecule has 0 bridgehead atoms. The van der Waals surface area contributed by atoms with Crippen molar-refractivity contribution in [2.75, 3.05) is 31.1 Å². The van der Waals surface area contributed by atoms with Crippen molar-refractivity contribution in [1.29, 1.82) is 0 Å². The van der Waals surface area contributed by atoms with E-state index in [-0.39, 0.29) is 37.0 Å². The molecule has 0 unspecified atom stereocenters. The van der Waals surface area contributed by atoms with Gasteiger partial charge in [-0.1, -0.05) is 6.07 Å². The number of aliphatic hydroxyl groups excluding tert-OH is 1. The van der Waals surface area contributed by atoms with Gasteiger partial charge >= 0.3 is 0 Å². The summed E-state index contributed by atoms with van der Waals surface area (Å²) in [5, 5.41) is 16.8. The third-order valence-corrected chi connectivity index (χ3v) is 5.57. The monoisotopic (exact) mass is 373 g/mol. The highest BCUT2D eigenvalue weighted by Crippen LogP contribution is 2.28. The summed E-state index contributed by atoms with van der Waals surface area (Å²) in [6.07, 6.45) is 5.95. The van der Waals surface area contributed by atoms with E-state index < -0.39 is 0 Å². The molecule has 3 aliphatic rings. The highest BCUT2D eigenvalue weighted by molar-refractivity contribution is 5.85. The molecule has 24 heavy (non-hydrogen) atoms. The van der Waals surface area contributed by atoms with E-state index in [2.05, 4.69) is 33.7 Å². The fourth-order valence-electron chi connectivity index (χ4n) is 4.20.